The SMILES string of the molecule is Cc1cc(Br)c2nc(N3CCOCC3)[nH]c(=O)c2c1. The van der Waals surface area contributed by atoms with Crippen molar-refractivity contribution < 1.29 is 4.74 Å². The van der Waals surface area contributed by atoms with Crippen LogP contribution in [0.4, 0.5) is 5.95 Å². The molecule has 1 aromatic carbocycles. The highest BCUT2D eigenvalue weighted by Crippen LogP contribution is 2.23. The highest BCUT2D eigenvalue weighted by atomic mass is 79.9. The summed E-state index contributed by atoms with van der Waals surface area (Å²) in [6, 6.07) is 3.83. The summed E-state index contributed by atoms with van der Waals surface area (Å²) < 4.78 is 6.16. The molecule has 5 nitrogen and oxygen atoms in total. The lowest BCUT2D eigenvalue weighted by atomic mass is 10.2. The number of fused-ring (bicyclic) bond motifs is 1. The average molecular weight is 324 g/mol. The van der Waals surface area contributed by atoms with Crippen LogP contribution < -0.4 is 10.5 Å². The number of aromatic nitrogens is 2. The third kappa shape index (κ3) is 2.37. The van der Waals surface area contributed by atoms with Crippen LogP contribution in [-0.4, -0.2) is 36.3 Å². The molecule has 3 rings (SSSR count). The van der Waals surface area contributed by atoms with Crippen LogP contribution in [0.25, 0.3) is 10.9 Å². The standard InChI is InChI=1S/C13H14BrN3O2/c1-8-6-9-11(10(14)7-8)15-13(16-12(9)18)17-2-4-19-5-3-17/h6-7H,2-5H2,1H3,(H,15,16,18). The summed E-state index contributed by atoms with van der Waals surface area (Å²) >= 11 is 3.48. The number of hydrogen-bond acceptors (Lipinski definition) is 4. The lowest BCUT2D eigenvalue weighted by molar-refractivity contribution is 0.122. The molecule has 100 valence electrons. The van der Waals surface area contributed by atoms with E-state index in [2.05, 4.69) is 25.9 Å². The summed E-state index contributed by atoms with van der Waals surface area (Å²) in [6.07, 6.45) is 0. The van der Waals surface area contributed by atoms with E-state index in [9.17, 15) is 4.79 Å². The third-order valence-corrected chi connectivity index (χ3v) is 3.81. The predicted molar refractivity (Wildman–Crippen MR) is 77.8 cm³/mol. The number of benzene rings is 1. The first-order valence-electron chi connectivity index (χ1n) is 6.18. The van der Waals surface area contributed by atoms with Crippen molar-refractivity contribution in [1.29, 1.82) is 0 Å². The van der Waals surface area contributed by atoms with E-state index in [0.717, 1.165) is 23.1 Å². The first-order valence-corrected chi connectivity index (χ1v) is 6.97. The quantitative estimate of drug-likeness (QED) is 0.869. The van der Waals surface area contributed by atoms with E-state index in [-0.39, 0.29) is 5.56 Å². The number of aryl methyl sites for hydroxylation is 1. The largest absolute Gasteiger partial charge is 0.378 e. The summed E-state index contributed by atoms with van der Waals surface area (Å²) in [5, 5.41) is 0.615. The Morgan fingerprint density at radius 3 is 2.84 bits per heavy atom. The topological polar surface area (TPSA) is 58.2 Å². The Kier molecular flexibility index (Phi) is 3.28. The zero-order valence-electron chi connectivity index (χ0n) is 10.6. The van der Waals surface area contributed by atoms with Gasteiger partial charge in [0.25, 0.3) is 5.56 Å². The van der Waals surface area contributed by atoms with Crippen LogP contribution in [0.15, 0.2) is 21.4 Å². The number of anilines is 1. The van der Waals surface area contributed by atoms with E-state index in [1.165, 1.54) is 0 Å². The molecule has 1 aliphatic rings. The van der Waals surface area contributed by atoms with Crippen molar-refractivity contribution in [3.05, 3.63) is 32.5 Å². The van der Waals surface area contributed by atoms with Gasteiger partial charge in [0, 0.05) is 17.6 Å². The molecule has 19 heavy (non-hydrogen) atoms. The van der Waals surface area contributed by atoms with Crippen molar-refractivity contribution in [2.24, 2.45) is 0 Å². The van der Waals surface area contributed by atoms with Gasteiger partial charge in [-0.2, -0.15) is 0 Å². The van der Waals surface area contributed by atoms with Crippen molar-refractivity contribution in [1.82, 2.24) is 9.97 Å². The van der Waals surface area contributed by atoms with E-state index in [1.807, 2.05) is 24.0 Å². The van der Waals surface area contributed by atoms with E-state index in [0.29, 0.717) is 30.1 Å². The van der Waals surface area contributed by atoms with E-state index in [4.69, 9.17) is 4.74 Å². The van der Waals surface area contributed by atoms with Crippen LogP contribution in [0, 0.1) is 6.92 Å². The fraction of sp³-hybridized carbons (Fsp3) is 0.385. The highest BCUT2D eigenvalue weighted by molar-refractivity contribution is 9.10. The first kappa shape index (κ1) is 12.6. The number of hydrogen-bond donors (Lipinski definition) is 1. The fourth-order valence-corrected chi connectivity index (χ4v) is 2.91. The van der Waals surface area contributed by atoms with Crippen LogP contribution in [-0.2, 0) is 4.74 Å². The number of nitrogens with zero attached hydrogens (tertiary/aromatic N) is 2. The Morgan fingerprint density at radius 2 is 2.11 bits per heavy atom. The van der Waals surface area contributed by atoms with Gasteiger partial charge in [0.2, 0.25) is 5.95 Å². The predicted octanol–water partition coefficient (Wildman–Crippen LogP) is 1.83. The third-order valence-electron chi connectivity index (χ3n) is 3.21. The molecule has 1 saturated heterocycles. The van der Waals surface area contributed by atoms with Crippen LogP contribution in [0.1, 0.15) is 5.56 Å². The molecule has 2 heterocycles. The zero-order chi connectivity index (χ0) is 13.4. The number of morpholine rings is 1. The molecule has 1 N–H and O–H groups in total. The number of aromatic amines is 1. The number of nitrogens with one attached hydrogen (secondary N) is 1. The summed E-state index contributed by atoms with van der Waals surface area (Å²) in [7, 11) is 0. The molecule has 0 aliphatic carbocycles. The van der Waals surface area contributed by atoms with Gasteiger partial charge in [-0.25, -0.2) is 4.98 Å². The van der Waals surface area contributed by atoms with Crippen molar-refractivity contribution in [3.63, 3.8) is 0 Å². The highest BCUT2D eigenvalue weighted by Gasteiger charge is 2.15. The number of ether oxygens (including phenoxy) is 1. The second-order valence-corrected chi connectivity index (χ2v) is 5.49. The molecular formula is C13H14BrN3O2. The average Bonchev–Trinajstić information content (AvgIpc) is 2.41. The molecule has 0 amide bonds. The van der Waals surface area contributed by atoms with Gasteiger partial charge in [0.1, 0.15) is 0 Å². The van der Waals surface area contributed by atoms with Gasteiger partial charge in [-0.15, -0.1) is 0 Å². The Bertz CT molecular complexity index is 677. The minimum Gasteiger partial charge on any atom is -0.378 e. The molecular weight excluding hydrogens is 310 g/mol. The van der Waals surface area contributed by atoms with Crippen molar-refractivity contribution in [2.75, 3.05) is 31.2 Å². The monoisotopic (exact) mass is 323 g/mol. The molecule has 1 aromatic heterocycles. The lowest BCUT2D eigenvalue weighted by Crippen LogP contribution is -2.38. The first-order chi connectivity index (χ1) is 9.15. The van der Waals surface area contributed by atoms with Gasteiger partial charge in [-0.1, -0.05) is 0 Å². The fourth-order valence-electron chi connectivity index (χ4n) is 2.25. The molecule has 0 unspecified atom stereocenters. The van der Waals surface area contributed by atoms with Gasteiger partial charge >= 0.3 is 0 Å². The van der Waals surface area contributed by atoms with Gasteiger partial charge in [-0.3, -0.25) is 9.78 Å². The summed E-state index contributed by atoms with van der Waals surface area (Å²) in [4.78, 5) is 21.6. The van der Waals surface area contributed by atoms with Gasteiger partial charge in [-0.05, 0) is 40.5 Å². The van der Waals surface area contributed by atoms with E-state index < -0.39 is 0 Å². The van der Waals surface area contributed by atoms with Gasteiger partial charge < -0.3 is 9.64 Å². The molecule has 0 bridgehead atoms. The van der Waals surface area contributed by atoms with Crippen molar-refractivity contribution in [2.45, 2.75) is 6.92 Å². The molecule has 2 aromatic rings. The molecule has 0 saturated carbocycles. The second kappa shape index (κ2) is 4.94. The minimum atomic E-state index is -0.101. The van der Waals surface area contributed by atoms with Crippen LogP contribution >= 0.6 is 15.9 Å². The van der Waals surface area contributed by atoms with Gasteiger partial charge in [0.05, 0.1) is 24.1 Å². The summed E-state index contributed by atoms with van der Waals surface area (Å²) in [6.45, 7) is 4.78. The maximum absolute atomic E-state index is 12.2. The molecule has 1 fully saturated rings. The van der Waals surface area contributed by atoms with Crippen LogP contribution in [0.2, 0.25) is 0 Å². The second-order valence-electron chi connectivity index (χ2n) is 4.63. The molecule has 0 spiro atoms. The summed E-state index contributed by atoms with van der Waals surface area (Å²) in [5.41, 5.74) is 1.64. The van der Waals surface area contributed by atoms with Crippen LogP contribution in [0.3, 0.4) is 0 Å². The number of halogens is 1. The maximum Gasteiger partial charge on any atom is 0.260 e. The Hall–Kier alpha value is -1.40. The van der Waals surface area contributed by atoms with Crippen molar-refractivity contribution >= 4 is 32.8 Å². The Morgan fingerprint density at radius 1 is 1.37 bits per heavy atom. The molecule has 6 heteroatoms. The maximum atomic E-state index is 12.2. The van der Waals surface area contributed by atoms with E-state index >= 15 is 0 Å². The summed E-state index contributed by atoms with van der Waals surface area (Å²) in [5.74, 6) is 0.616. The smallest absolute Gasteiger partial charge is 0.260 e. The molecule has 0 radical (unpaired) electrons. The molecule has 1 aliphatic heterocycles. The van der Waals surface area contributed by atoms with Crippen molar-refractivity contribution in [3.8, 4) is 0 Å². The zero-order valence-corrected chi connectivity index (χ0v) is 12.2. The van der Waals surface area contributed by atoms with E-state index in [1.54, 1.807) is 0 Å². The Balaban J connectivity index is 2.15. The number of H-pyrrole nitrogens is 1. The van der Waals surface area contributed by atoms with Crippen LogP contribution in [0.5, 0.6) is 0 Å². The normalized spacial score (nSPS) is 16.0. The molecule has 0 atom stereocenters. The van der Waals surface area contributed by atoms with Gasteiger partial charge in [0.15, 0.2) is 0 Å². The number of rotatable bonds is 1. The Labute approximate surface area is 118 Å². The lowest BCUT2D eigenvalue weighted by Gasteiger charge is -2.27. The minimum absolute atomic E-state index is 0.101.